The first-order valence-corrected chi connectivity index (χ1v) is 13.7. The van der Waals surface area contributed by atoms with Crippen LogP contribution in [0.3, 0.4) is 0 Å². The van der Waals surface area contributed by atoms with Crippen LogP contribution in [0.1, 0.15) is 54.5 Å². The summed E-state index contributed by atoms with van der Waals surface area (Å²) in [5.41, 5.74) is -9.41. The molecular weight excluding hydrogens is 607 g/mol. The van der Waals surface area contributed by atoms with E-state index in [1.165, 1.54) is 38.1 Å². The van der Waals surface area contributed by atoms with E-state index in [0.717, 1.165) is 13.2 Å². The Morgan fingerprint density at radius 2 is 1.29 bits per heavy atom. The molecule has 0 saturated heterocycles. The third-order valence-corrected chi connectivity index (χ3v) is 7.95. The monoisotopic (exact) mass is 636 g/mol. The zero-order chi connectivity index (χ0) is 32.4. The molecule has 2 aromatic rings. The number of aryl methyl sites for hydroxylation is 2. The summed E-state index contributed by atoms with van der Waals surface area (Å²) in [5, 5.41) is 0. The van der Waals surface area contributed by atoms with Gasteiger partial charge in [-0.2, -0.15) is 47.9 Å². The minimum Gasteiger partial charge on any atom is -0.376 e. The maximum Gasteiger partial charge on any atom is 0.534 e. The highest BCUT2D eigenvalue weighted by Gasteiger charge is 2.71. The maximum absolute atomic E-state index is 13.7. The normalized spacial score (nSPS) is 14.0. The summed E-state index contributed by atoms with van der Waals surface area (Å²) in [4.78, 5) is 0. The first-order chi connectivity index (χ1) is 19.1. The Morgan fingerprint density at radius 3 is 1.69 bits per heavy atom. The summed E-state index contributed by atoms with van der Waals surface area (Å²) in [6.45, 7) is 5.20. The van der Waals surface area contributed by atoms with Gasteiger partial charge in [0.15, 0.2) is 0 Å². The smallest absolute Gasteiger partial charge is 0.376 e. The molecule has 2 aromatic carbocycles. The van der Waals surface area contributed by atoms with Crippen LogP contribution in [0, 0.1) is 13.8 Å². The standard InChI is InChI=1S/C27H29F9O5S/c1-6-23(7-2,21-10-11-22(18(4)15-21)41-42(37,38)27(34,35)36)20-9-8-19(17(3)14-20)12-13-24(25(28,29)30,26(31,32)33)40-16-39-5/h8-15H,6-7,16H2,1-5H3. The molecule has 0 heterocycles. The summed E-state index contributed by atoms with van der Waals surface area (Å²) in [7, 11) is -5.02. The van der Waals surface area contributed by atoms with Gasteiger partial charge in [-0.15, -0.1) is 0 Å². The van der Waals surface area contributed by atoms with Crippen molar-refractivity contribution in [2.45, 2.75) is 69.4 Å². The van der Waals surface area contributed by atoms with Gasteiger partial charge in [0.1, 0.15) is 12.5 Å². The summed E-state index contributed by atoms with van der Waals surface area (Å²) in [6.07, 6.45) is -10.3. The molecule has 0 amide bonds. The fourth-order valence-electron chi connectivity index (χ4n) is 4.52. The number of benzene rings is 2. The molecule has 0 N–H and O–H groups in total. The van der Waals surface area contributed by atoms with Gasteiger partial charge in [-0.25, -0.2) is 0 Å². The van der Waals surface area contributed by atoms with Crippen LogP contribution in [0.2, 0.25) is 0 Å². The molecule has 0 atom stereocenters. The Bertz CT molecular complexity index is 1360. The Balaban J connectivity index is 2.58. The lowest BCUT2D eigenvalue weighted by Gasteiger charge is -2.35. The van der Waals surface area contributed by atoms with Gasteiger partial charge in [0.05, 0.1) is 0 Å². The molecule has 0 radical (unpaired) electrons. The van der Waals surface area contributed by atoms with E-state index in [4.69, 9.17) is 0 Å². The fraction of sp³-hybridized carbons (Fsp3) is 0.481. The van der Waals surface area contributed by atoms with Gasteiger partial charge in [-0.3, -0.25) is 0 Å². The van der Waals surface area contributed by atoms with E-state index in [-0.39, 0.29) is 17.2 Å². The summed E-state index contributed by atoms with van der Waals surface area (Å²) < 4.78 is 156. The number of hydrogen-bond donors (Lipinski definition) is 0. The minimum absolute atomic E-state index is 0.0380. The second-order valence-corrected chi connectivity index (χ2v) is 11.0. The van der Waals surface area contributed by atoms with Crippen LogP contribution in [-0.4, -0.2) is 45.8 Å². The first-order valence-electron chi connectivity index (χ1n) is 12.3. The molecule has 5 nitrogen and oxygen atoms in total. The van der Waals surface area contributed by atoms with Crippen molar-refractivity contribution in [2.75, 3.05) is 13.9 Å². The van der Waals surface area contributed by atoms with Crippen molar-refractivity contribution in [3.63, 3.8) is 0 Å². The van der Waals surface area contributed by atoms with Crippen molar-refractivity contribution in [3.05, 3.63) is 70.3 Å². The highest BCUT2D eigenvalue weighted by molar-refractivity contribution is 7.88. The van der Waals surface area contributed by atoms with Crippen LogP contribution in [0.5, 0.6) is 5.75 Å². The van der Waals surface area contributed by atoms with Crippen LogP contribution < -0.4 is 4.18 Å². The number of ether oxygens (including phenoxy) is 2. The number of halogens is 9. The van der Waals surface area contributed by atoms with Crippen molar-refractivity contribution in [3.8, 4) is 5.75 Å². The fourth-order valence-corrected chi connectivity index (χ4v) is 5.04. The maximum atomic E-state index is 13.7. The number of rotatable bonds is 11. The predicted octanol–water partition coefficient (Wildman–Crippen LogP) is 8.14. The highest BCUT2D eigenvalue weighted by Crippen LogP contribution is 2.47. The average Bonchev–Trinajstić information content (AvgIpc) is 2.85. The topological polar surface area (TPSA) is 61.8 Å². The van der Waals surface area contributed by atoms with Crippen LogP contribution in [0.4, 0.5) is 39.5 Å². The Kier molecular flexibility index (Phi) is 10.5. The Morgan fingerprint density at radius 1 is 0.786 bits per heavy atom. The van der Waals surface area contributed by atoms with Gasteiger partial charge in [-0.05, 0) is 66.6 Å². The molecule has 2 rings (SSSR count). The first kappa shape index (κ1) is 35.4. The van der Waals surface area contributed by atoms with E-state index in [0.29, 0.717) is 35.6 Å². The number of methoxy groups -OCH3 is 1. The van der Waals surface area contributed by atoms with Crippen LogP contribution in [0.15, 0.2) is 42.5 Å². The zero-order valence-electron chi connectivity index (χ0n) is 23.1. The van der Waals surface area contributed by atoms with E-state index >= 15 is 0 Å². The summed E-state index contributed by atoms with van der Waals surface area (Å²) in [5.74, 6) is -0.526. The molecule has 0 spiro atoms. The van der Waals surface area contributed by atoms with Gasteiger partial charge in [-0.1, -0.05) is 50.3 Å². The van der Waals surface area contributed by atoms with Gasteiger partial charge < -0.3 is 13.7 Å². The molecule has 0 unspecified atom stereocenters. The SMILES string of the molecule is CCC(CC)(c1ccc(C=CC(OCOC)(C(F)(F)F)C(F)(F)F)c(C)c1)c1ccc(OS(=O)(=O)C(F)(F)F)c(C)c1. The quantitative estimate of drug-likeness (QED) is 0.108. The largest absolute Gasteiger partial charge is 0.534 e. The molecule has 42 heavy (non-hydrogen) atoms. The van der Waals surface area contributed by atoms with Crippen LogP contribution >= 0.6 is 0 Å². The molecule has 0 bridgehead atoms. The van der Waals surface area contributed by atoms with Gasteiger partial charge >= 0.3 is 28.0 Å². The molecule has 0 aliphatic heterocycles. The second kappa shape index (κ2) is 12.4. The number of hydrogen-bond acceptors (Lipinski definition) is 5. The van der Waals surface area contributed by atoms with Gasteiger partial charge in [0.25, 0.3) is 5.60 Å². The Hall–Kier alpha value is -2.78. The molecular formula is C27H29F9O5S. The molecule has 0 fully saturated rings. The van der Waals surface area contributed by atoms with E-state index in [1.807, 2.05) is 13.8 Å². The molecule has 0 aliphatic carbocycles. The lowest BCUT2D eigenvalue weighted by molar-refractivity contribution is -0.372. The number of alkyl halides is 9. The van der Waals surface area contributed by atoms with Crippen LogP contribution in [-0.2, 0) is 25.0 Å². The van der Waals surface area contributed by atoms with E-state index < -0.39 is 51.5 Å². The summed E-state index contributed by atoms with van der Waals surface area (Å²) >= 11 is 0. The highest BCUT2D eigenvalue weighted by atomic mass is 32.2. The third-order valence-electron chi connectivity index (χ3n) is 6.98. The average molecular weight is 637 g/mol. The van der Waals surface area contributed by atoms with Gasteiger partial charge in [0, 0.05) is 12.5 Å². The van der Waals surface area contributed by atoms with Crippen LogP contribution in [0.25, 0.3) is 6.08 Å². The predicted molar refractivity (Wildman–Crippen MR) is 136 cm³/mol. The summed E-state index contributed by atoms with van der Waals surface area (Å²) in [6, 6.07) is 8.40. The lowest BCUT2D eigenvalue weighted by atomic mass is 9.70. The van der Waals surface area contributed by atoms with Crippen molar-refractivity contribution in [2.24, 2.45) is 0 Å². The van der Waals surface area contributed by atoms with E-state index in [1.54, 1.807) is 6.07 Å². The molecule has 0 aromatic heterocycles. The Labute approximate surface area is 237 Å². The van der Waals surface area contributed by atoms with E-state index in [2.05, 4.69) is 13.7 Å². The zero-order valence-corrected chi connectivity index (χ0v) is 23.9. The van der Waals surface area contributed by atoms with Gasteiger partial charge in [0.2, 0.25) is 0 Å². The lowest BCUT2D eigenvalue weighted by Crippen LogP contribution is -2.57. The van der Waals surface area contributed by atoms with E-state index in [9.17, 15) is 47.9 Å². The van der Waals surface area contributed by atoms with Crippen molar-refractivity contribution >= 4 is 16.2 Å². The molecule has 15 heteroatoms. The van der Waals surface area contributed by atoms with Crippen molar-refractivity contribution < 1.29 is 61.6 Å². The minimum atomic E-state index is -5.90. The third kappa shape index (κ3) is 6.88. The van der Waals surface area contributed by atoms with Crippen molar-refractivity contribution in [1.29, 1.82) is 0 Å². The second-order valence-electron chi connectivity index (χ2n) is 9.44. The van der Waals surface area contributed by atoms with Crippen molar-refractivity contribution in [1.82, 2.24) is 0 Å². The molecule has 236 valence electrons. The molecule has 0 saturated carbocycles. The molecule has 0 aliphatic rings.